The molecule has 22 heavy (non-hydrogen) atoms. The molecule has 1 N–H and O–H groups in total. The summed E-state index contributed by atoms with van der Waals surface area (Å²) >= 11 is 0. The van der Waals surface area contributed by atoms with Crippen molar-refractivity contribution < 1.29 is 23.1 Å². The fraction of sp³-hybridized carbons (Fsp3) is 0.562. The number of hydrogen-bond donors (Lipinski definition) is 1. The molecule has 1 aromatic rings. The van der Waals surface area contributed by atoms with Crippen LogP contribution in [0.3, 0.4) is 0 Å². The molecule has 1 aliphatic rings. The highest BCUT2D eigenvalue weighted by Gasteiger charge is 2.31. The van der Waals surface area contributed by atoms with Crippen molar-refractivity contribution in [3.05, 3.63) is 35.4 Å². The van der Waals surface area contributed by atoms with Crippen LogP contribution in [0.5, 0.6) is 0 Å². The number of carboxylic acid groups (broad SMARTS) is 1. The van der Waals surface area contributed by atoms with Crippen molar-refractivity contribution in [2.75, 3.05) is 13.1 Å². The Bertz CT molecular complexity index is 513. The minimum absolute atomic E-state index is 0.0118. The highest BCUT2D eigenvalue weighted by atomic mass is 19.4. The quantitative estimate of drug-likeness (QED) is 0.920. The lowest BCUT2D eigenvalue weighted by atomic mass is 9.95. The van der Waals surface area contributed by atoms with Gasteiger partial charge >= 0.3 is 12.1 Å². The second-order valence-corrected chi connectivity index (χ2v) is 5.87. The summed E-state index contributed by atoms with van der Waals surface area (Å²) in [7, 11) is 0. The van der Waals surface area contributed by atoms with E-state index in [0.29, 0.717) is 13.0 Å². The molecule has 0 aliphatic carbocycles. The van der Waals surface area contributed by atoms with Gasteiger partial charge in [0.25, 0.3) is 0 Å². The van der Waals surface area contributed by atoms with Gasteiger partial charge in [-0.1, -0.05) is 25.5 Å². The molecule has 1 heterocycles. The van der Waals surface area contributed by atoms with Crippen LogP contribution in [0, 0.1) is 0 Å². The number of carboxylic acids is 1. The van der Waals surface area contributed by atoms with Gasteiger partial charge < -0.3 is 5.11 Å². The summed E-state index contributed by atoms with van der Waals surface area (Å²) in [5.74, 6) is -0.832. The topological polar surface area (TPSA) is 40.5 Å². The summed E-state index contributed by atoms with van der Waals surface area (Å²) in [5.41, 5.74) is 0.132. The van der Waals surface area contributed by atoms with Crippen LogP contribution in [0.2, 0.25) is 0 Å². The van der Waals surface area contributed by atoms with E-state index in [0.717, 1.165) is 37.1 Å². The Morgan fingerprint density at radius 3 is 2.50 bits per heavy atom. The van der Waals surface area contributed by atoms with Gasteiger partial charge in [0, 0.05) is 6.54 Å². The third-order valence-electron chi connectivity index (χ3n) is 4.21. The van der Waals surface area contributed by atoms with E-state index in [2.05, 4.69) is 0 Å². The lowest BCUT2D eigenvalue weighted by Crippen LogP contribution is -2.46. The number of rotatable bonds is 4. The Morgan fingerprint density at radius 2 is 1.95 bits per heavy atom. The first kappa shape index (κ1) is 16.8. The van der Waals surface area contributed by atoms with E-state index < -0.39 is 23.8 Å². The molecule has 1 saturated heterocycles. The molecule has 1 aliphatic heterocycles. The van der Waals surface area contributed by atoms with Crippen LogP contribution in [0.15, 0.2) is 24.3 Å². The third kappa shape index (κ3) is 4.00. The standard InChI is InChI=1S/C16H20F3NO2/c1-11(10-20-9-3-2-4-14(20)15(21)22)12-5-7-13(8-6-12)16(17,18)19/h5-8,11,14H,2-4,9-10H2,1H3,(H,21,22). The Kier molecular flexibility index (Phi) is 5.11. The van der Waals surface area contributed by atoms with Crippen molar-refractivity contribution in [3.8, 4) is 0 Å². The molecule has 0 amide bonds. The third-order valence-corrected chi connectivity index (χ3v) is 4.21. The summed E-state index contributed by atoms with van der Waals surface area (Å²) in [6.07, 6.45) is -1.83. The number of carbonyl (C=O) groups is 1. The molecular formula is C16H20F3NO2. The van der Waals surface area contributed by atoms with Gasteiger partial charge in [-0.25, -0.2) is 0 Å². The number of nitrogens with zero attached hydrogens (tertiary/aromatic N) is 1. The molecule has 6 heteroatoms. The molecule has 0 saturated carbocycles. The molecule has 0 spiro atoms. The second kappa shape index (κ2) is 6.69. The minimum Gasteiger partial charge on any atom is -0.480 e. The number of hydrogen-bond acceptors (Lipinski definition) is 2. The first-order valence-electron chi connectivity index (χ1n) is 7.43. The molecule has 2 unspecified atom stereocenters. The maximum absolute atomic E-state index is 12.6. The number of benzene rings is 1. The number of likely N-dealkylation sites (tertiary alicyclic amines) is 1. The van der Waals surface area contributed by atoms with Crippen LogP contribution in [-0.4, -0.2) is 35.1 Å². The van der Waals surface area contributed by atoms with Crippen LogP contribution in [0.4, 0.5) is 13.2 Å². The van der Waals surface area contributed by atoms with E-state index >= 15 is 0 Å². The van der Waals surface area contributed by atoms with E-state index in [1.54, 1.807) is 0 Å². The van der Waals surface area contributed by atoms with Gasteiger partial charge in [-0.3, -0.25) is 9.69 Å². The minimum atomic E-state index is -4.33. The number of alkyl halides is 3. The first-order valence-corrected chi connectivity index (χ1v) is 7.43. The maximum Gasteiger partial charge on any atom is 0.416 e. The van der Waals surface area contributed by atoms with Crippen LogP contribution in [0.1, 0.15) is 43.2 Å². The summed E-state index contributed by atoms with van der Waals surface area (Å²) in [5, 5.41) is 9.25. The zero-order chi connectivity index (χ0) is 16.3. The van der Waals surface area contributed by atoms with Gasteiger partial charge in [-0.05, 0) is 43.0 Å². The molecule has 2 atom stereocenters. The molecule has 0 radical (unpaired) electrons. The SMILES string of the molecule is CC(CN1CCCCC1C(=O)O)c1ccc(C(F)(F)F)cc1. The van der Waals surface area contributed by atoms with E-state index in [1.165, 1.54) is 12.1 Å². The number of aliphatic carboxylic acids is 1. The van der Waals surface area contributed by atoms with Crippen LogP contribution in [-0.2, 0) is 11.0 Å². The lowest BCUT2D eigenvalue weighted by Gasteiger charge is -2.34. The molecule has 1 fully saturated rings. The van der Waals surface area contributed by atoms with Crippen molar-refractivity contribution in [1.82, 2.24) is 4.90 Å². The zero-order valence-electron chi connectivity index (χ0n) is 12.4. The smallest absolute Gasteiger partial charge is 0.416 e. The Balaban J connectivity index is 2.04. The molecular weight excluding hydrogens is 295 g/mol. The van der Waals surface area contributed by atoms with Crippen LogP contribution < -0.4 is 0 Å². The van der Waals surface area contributed by atoms with Gasteiger partial charge in [0.15, 0.2) is 0 Å². The Labute approximate surface area is 127 Å². The van der Waals surface area contributed by atoms with Crippen molar-refractivity contribution in [3.63, 3.8) is 0 Å². The molecule has 0 aromatic heterocycles. The van der Waals surface area contributed by atoms with Crippen molar-refractivity contribution in [1.29, 1.82) is 0 Å². The lowest BCUT2D eigenvalue weighted by molar-refractivity contribution is -0.144. The highest BCUT2D eigenvalue weighted by Crippen LogP contribution is 2.30. The molecule has 122 valence electrons. The number of piperidine rings is 1. The normalized spacial score (nSPS) is 21.5. The first-order chi connectivity index (χ1) is 10.3. The van der Waals surface area contributed by atoms with E-state index in [1.807, 2.05) is 11.8 Å². The largest absolute Gasteiger partial charge is 0.480 e. The number of halogens is 3. The fourth-order valence-electron chi connectivity index (χ4n) is 2.95. The van der Waals surface area contributed by atoms with Gasteiger partial charge in [0.05, 0.1) is 5.56 Å². The summed E-state index contributed by atoms with van der Waals surface area (Å²) in [6.45, 7) is 3.18. The predicted octanol–water partition coefficient (Wildman–Crippen LogP) is 3.75. The van der Waals surface area contributed by atoms with Gasteiger partial charge in [0.1, 0.15) is 6.04 Å². The van der Waals surface area contributed by atoms with E-state index in [-0.39, 0.29) is 5.92 Å². The van der Waals surface area contributed by atoms with Gasteiger partial charge in [-0.2, -0.15) is 13.2 Å². The highest BCUT2D eigenvalue weighted by molar-refractivity contribution is 5.73. The average Bonchev–Trinajstić information content (AvgIpc) is 2.46. The monoisotopic (exact) mass is 315 g/mol. The summed E-state index contributed by atoms with van der Waals surface area (Å²) in [6, 6.07) is 4.64. The van der Waals surface area contributed by atoms with Gasteiger partial charge in [-0.15, -0.1) is 0 Å². The summed E-state index contributed by atoms with van der Waals surface area (Å²) < 4.78 is 37.7. The van der Waals surface area contributed by atoms with Crippen molar-refractivity contribution >= 4 is 5.97 Å². The van der Waals surface area contributed by atoms with E-state index in [4.69, 9.17) is 0 Å². The van der Waals surface area contributed by atoms with Crippen molar-refractivity contribution in [2.24, 2.45) is 0 Å². The molecule has 3 nitrogen and oxygen atoms in total. The molecule has 2 rings (SSSR count). The van der Waals surface area contributed by atoms with Gasteiger partial charge in [0.2, 0.25) is 0 Å². The fourth-order valence-corrected chi connectivity index (χ4v) is 2.95. The van der Waals surface area contributed by atoms with Crippen LogP contribution in [0.25, 0.3) is 0 Å². The maximum atomic E-state index is 12.6. The zero-order valence-corrected chi connectivity index (χ0v) is 12.4. The second-order valence-electron chi connectivity index (χ2n) is 5.87. The molecule has 0 bridgehead atoms. The Morgan fingerprint density at radius 1 is 1.32 bits per heavy atom. The summed E-state index contributed by atoms with van der Waals surface area (Å²) in [4.78, 5) is 13.2. The average molecular weight is 315 g/mol. The molecule has 1 aromatic carbocycles. The predicted molar refractivity (Wildman–Crippen MR) is 76.7 cm³/mol. The van der Waals surface area contributed by atoms with E-state index in [9.17, 15) is 23.1 Å². The van der Waals surface area contributed by atoms with Crippen LogP contribution >= 0.6 is 0 Å². The van der Waals surface area contributed by atoms with Crippen molar-refractivity contribution in [2.45, 2.75) is 44.3 Å². The Hall–Kier alpha value is -1.56.